The third kappa shape index (κ3) is 2.88. The van der Waals surface area contributed by atoms with Crippen molar-refractivity contribution in [2.75, 3.05) is 7.11 Å². The first-order valence-electron chi connectivity index (χ1n) is 4.62. The van der Waals surface area contributed by atoms with Gasteiger partial charge in [-0.3, -0.25) is 0 Å². The average molecular weight is 196 g/mol. The van der Waals surface area contributed by atoms with Gasteiger partial charge < -0.3 is 15.0 Å². The molecular formula is C10H16N2O2. The number of nitrogens with one attached hydrogen (secondary N) is 2. The van der Waals surface area contributed by atoms with E-state index in [0.717, 1.165) is 12.1 Å². The minimum Gasteiger partial charge on any atom is -0.464 e. The number of carbonyl (C=O) groups is 1. The first kappa shape index (κ1) is 10.8. The molecule has 0 aliphatic carbocycles. The molecule has 0 unspecified atom stereocenters. The van der Waals surface area contributed by atoms with Crippen LogP contribution < -0.4 is 5.32 Å². The van der Waals surface area contributed by atoms with Crippen LogP contribution in [0.5, 0.6) is 0 Å². The highest BCUT2D eigenvalue weighted by Crippen LogP contribution is 2.04. The van der Waals surface area contributed by atoms with Gasteiger partial charge in [0.1, 0.15) is 5.69 Å². The summed E-state index contributed by atoms with van der Waals surface area (Å²) in [4.78, 5) is 14.0. The van der Waals surface area contributed by atoms with Crippen LogP contribution in [0.4, 0.5) is 0 Å². The molecule has 0 spiro atoms. The van der Waals surface area contributed by atoms with Crippen molar-refractivity contribution in [2.24, 2.45) is 0 Å². The summed E-state index contributed by atoms with van der Waals surface area (Å²) in [5.41, 5.74) is 1.55. The maximum atomic E-state index is 11.1. The third-order valence-corrected chi connectivity index (χ3v) is 1.86. The summed E-state index contributed by atoms with van der Waals surface area (Å²) in [6, 6.07) is 2.23. The summed E-state index contributed by atoms with van der Waals surface area (Å²) < 4.78 is 4.58. The van der Waals surface area contributed by atoms with E-state index in [-0.39, 0.29) is 5.97 Å². The number of carbonyl (C=O) groups excluding carboxylic acids is 1. The molecule has 0 fully saturated rings. The summed E-state index contributed by atoms with van der Waals surface area (Å²) in [5.74, 6) is -0.333. The van der Waals surface area contributed by atoms with Crippen molar-refractivity contribution in [1.82, 2.24) is 10.3 Å². The van der Waals surface area contributed by atoms with Crippen molar-refractivity contribution in [3.63, 3.8) is 0 Å². The van der Waals surface area contributed by atoms with Gasteiger partial charge >= 0.3 is 5.97 Å². The van der Waals surface area contributed by atoms with Gasteiger partial charge in [0.15, 0.2) is 0 Å². The van der Waals surface area contributed by atoms with E-state index in [0.29, 0.717) is 11.7 Å². The molecule has 78 valence electrons. The van der Waals surface area contributed by atoms with Crippen LogP contribution in [0.1, 0.15) is 29.9 Å². The van der Waals surface area contributed by atoms with Gasteiger partial charge in [0, 0.05) is 18.8 Å². The topological polar surface area (TPSA) is 54.1 Å². The first-order valence-corrected chi connectivity index (χ1v) is 4.62. The molecule has 1 heterocycles. The molecule has 0 atom stereocenters. The minimum absolute atomic E-state index is 0.333. The molecule has 4 nitrogen and oxygen atoms in total. The fourth-order valence-electron chi connectivity index (χ4n) is 1.09. The Kier molecular flexibility index (Phi) is 3.71. The van der Waals surface area contributed by atoms with Crippen LogP contribution in [-0.2, 0) is 11.3 Å². The van der Waals surface area contributed by atoms with E-state index in [1.807, 2.05) is 6.20 Å². The van der Waals surface area contributed by atoms with Crippen LogP contribution in [-0.4, -0.2) is 24.1 Å². The van der Waals surface area contributed by atoms with E-state index in [9.17, 15) is 4.79 Å². The van der Waals surface area contributed by atoms with Crippen LogP contribution in [0.3, 0.4) is 0 Å². The Morgan fingerprint density at radius 2 is 2.36 bits per heavy atom. The summed E-state index contributed by atoms with van der Waals surface area (Å²) in [6.45, 7) is 4.91. The Hall–Kier alpha value is -1.29. The lowest BCUT2D eigenvalue weighted by molar-refractivity contribution is 0.0595. The molecule has 14 heavy (non-hydrogen) atoms. The van der Waals surface area contributed by atoms with Gasteiger partial charge in [0.25, 0.3) is 0 Å². The fraction of sp³-hybridized carbons (Fsp3) is 0.500. The maximum absolute atomic E-state index is 11.1. The molecule has 1 aromatic rings. The van der Waals surface area contributed by atoms with Crippen molar-refractivity contribution in [3.8, 4) is 0 Å². The second-order valence-electron chi connectivity index (χ2n) is 3.45. The van der Waals surface area contributed by atoms with Crippen LogP contribution in [0.15, 0.2) is 12.3 Å². The number of aromatic nitrogens is 1. The Balaban J connectivity index is 2.55. The van der Waals surface area contributed by atoms with Gasteiger partial charge in [-0.05, 0) is 11.6 Å². The van der Waals surface area contributed by atoms with E-state index in [1.54, 1.807) is 6.07 Å². The number of hydrogen-bond acceptors (Lipinski definition) is 3. The van der Waals surface area contributed by atoms with Crippen molar-refractivity contribution < 1.29 is 9.53 Å². The van der Waals surface area contributed by atoms with E-state index in [4.69, 9.17) is 0 Å². The molecule has 2 N–H and O–H groups in total. The van der Waals surface area contributed by atoms with Crippen molar-refractivity contribution >= 4 is 5.97 Å². The molecule has 4 heteroatoms. The minimum atomic E-state index is -0.333. The molecule has 1 aromatic heterocycles. The molecule has 0 aromatic carbocycles. The standard InChI is InChI=1S/C10H16N2O2/c1-7(2)11-5-8-4-9(12-6-8)10(13)14-3/h4,6-7,11-12H,5H2,1-3H3. The number of ether oxygens (including phenoxy) is 1. The summed E-state index contributed by atoms with van der Waals surface area (Å²) >= 11 is 0. The molecule has 0 aliphatic rings. The van der Waals surface area contributed by atoms with Gasteiger partial charge in [-0.25, -0.2) is 4.79 Å². The fourth-order valence-corrected chi connectivity index (χ4v) is 1.09. The van der Waals surface area contributed by atoms with Gasteiger partial charge in [0.2, 0.25) is 0 Å². The lowest BCUT2D eigenvalue weighted by atomic mass is 10.3. The zero-order valence-corrected chi connectivity index (χ0v) is 8.76. The van der Waals surface area contributed by atoms with E-state index >= 15 is 0 Å². The number of H-pyrrole nitrogens is 1. The Labute approximate surface area is 83.7 Å². The molecule has 0 saturated carbocycles. The van der Waals surface area contributed by atoms with E-state index in [1.165, 1.54) is 7.11 Å². The SMILES string of the molecule is COC(=O)c1cc(CNC(C)C)c[nH]1. The van der Waals surface area contributed by atoms with Crippen LogP contribution in [0, 0.1) is 0 Å². The van der Waals surface area contributed by atoms with E-state index in [2.05, 4.69) is 28.9 Å². The maximum Gasteiger partial charge on any atom is 0.354 e. The molecule has 0 amide bonds. The summed E-state index contributed by atoms with van der Waals surface area (Å²) in [6.07, 6.45) is 1.81. The molecule has 0 bridgehead atoms. The van der Waals surface area contributed by atoms with E-state index < -0.39 is 0 Å². The molecule has 1 rings (SSSR count). The van der Waals surface area contributed by atoms with Crippen LogP contribution >= 0.6 is 0 Å². The zero-order valence-electron chi connectivity index (χ0n) is 8.76. The van der Waals surface area contributed by atoms with Crippen molar-refractivity contribution in [3.05, 3.63) is 23.5 Å². The molecule has 0 saturated heterocycles. The van der Waals surface area contributed by atoms with Gasteiger partial charge in [-0.2, -0.15) is 0 Å². The van der Waals surface area contributed by atoms with Crippen molar-refractivity contribution in [1.29, 1.82) is 0 Å². The summed E-state index contributed by atoms with van der Waals surface area (Å²) in [7, 11) is 1.37. The largest absolute Gasteiger partial charge is 0.464 e. The van der Waals surface area contributed by atoms with Gasteiger partial charge in [-0.15, -0.1) is 0 Å². The Morgan fingerprint density at radius 1 is 1.64 bits per heavy atom. The molecular weight excluding hydrogens is 180 g/mol. The number of hydrogen-bond donors (Lipinski definition) is 2. The highest BCUT2D eigenvalue weighted by atomic mass is 16.5. The molecule has 0 radical (unpaired) electrons. The lowest BCUT2D eigenvalue weighted by Gasteiger charge is -2.05. The second-order valence-corrected chi connectivity index (χ2v) is 3.45. The summed E-state index contributed by atoms with van der Waals surface area (Å²) in [5, 5.41) is 3.26. The van der Waals surface area contributed by atoms with Crippen LogP contribution in [0.2, 0.25) is 0 Å². The smallest absolute Gasteiger partial charge is 0.354 e. The third-order valence-electron chi connectivity index (χ3n) is 1.86. The Bertz CT molecular complexity index is 305. The zero-order chi connectivity index (χ0) is 10.6. The Morgan fingerprint density at radius 3 is 2.93 bits per heavy atom. The number of methoxy groups -OCH3 is 1. The predicted octanol–water partition coefficient (Wildman–Crippen LogP) is 1.30. The molecule has 0 aliphatic heterocycles. The second kappa shape index (κ2) is 4.81. The monoisotopic (exact) mass is 196 g/mol. The number of rotatable bonds is 4. The quantitative estimate of drug-likeness (QED) is 0.714. The normalized spacial score (nSPS) is 10.6. The highest BCUT2D eigenvalue weighted by Gasteiger charge is 2.07. The average Bonchev–Trinajstić information content (AvgIpc) is 2.62. The van der Waals surface area contributed by atoms with Crippen molar-refractivity contribution in [2.45, 2.75) is 26.4 Å². The predicted molar refractivity (Wildman–Crippen MR) is 54.1 cm³/mol. The highest BCUT2D eigenvalue weighted by molar-refractivity contribution is 5.87. The van der Waals surface area contributed by atoms with Gasteiger partial charge in [-0.1, -0.05) is 13.8 Å². The number of aromatic amines is 1. The first-order chi connectivity index (χ1) is 6.63. The lowest BCUT2D eigenvalue weighted by Crippen LogP contribution is -2.21. The van der Waals surface area contributed by atoms with Gasteiger partial charge in [0.05, 0.1) is 7.11 Å². The number of esters is 1. The van der Waals surface area contributed by atoms with Crippen LogP contribution in [0.25, 0.3) is 0 Å².